The zero-order chi connectivity index (χ0) is 26.4. The number of rotatable bonds is 9. The van der Waals surface area contributed by atoms with E-state index in [-0.39, 0.29) is 6.10 Å². The smallest absolute Gasteiger partial charge is 0.224 e. The van der Waals surface area contributed by atoms with E-state index in [9.17, 15) is 5.11 Å². The number of anilines is 2. The Morgan fingerprint density at radius 1 is 0.949 bits per heavy atom. The summed E-state index contributed by atoms with van der Waals surface area (Å²) in [4.78, 5) is 16.7. The van der Waals surface area contributed by atoms with Crippen LogP contribution in [0.25, 0.3) is 22.3 Å². The first-order valence-electron chi connectivity index (χ1n) is 14.3. The third-order valence-electron chi connectivity index (χ3n) is 7.97. The summed E-state index contributed by atoms with van der Waals surface area (Å²) >= 11 is 0. The number of aliphatic hydroxyl groups is 1. The van der Waals surface area contributed by atoms with Gasteiger partial charge in [0.05, 0.1) is 11.5 Å². The van der Waals surface area contributed by atoms with Crippen LogP contribution in [0.1, 0.15) is 37.7 Å². The first-order chi connectivity index (χ1) is 19.2. The van der Waals surface area contributed by atoms with Gasteiger partial charge < -0.3 is 20.6 Å². The highest BCUT2D eigenvalue weighted by Crippen LogP contribution is 2.31. The Hall–Kier alpha value is -3.56. The van der Waals surface area contributed by atoms with E-state index < -0.39 is 0 Å². The van der Waals surface area contributed by atoms with Gasteiger partial charge >= 0.3 is 0 Å². The van der Waals surface area contributed by atoms with Crippen LogP contribution in [0.5, 0.6) is 0 Å². The molecule has 1 aliphatic heterocycles. The average molecular weight is 527 g/mol. The number of piperazine rings is 1. The van der Waals surface area contributed by atoms with E-state index >= 15 is 0 Å². The van der Waals surface area contributed by atoms with Crippen LogP contribution in [-0.2, 0) is 13.0 Å². The third-order valence-corrected chi connectivity index (χ3v) is 7.97. The van der Waals surface area contributed by atoms with E-state index in [1.54, 1.807) is 0 Å². The van der Waals surface area contributed by atoms with Crippen molar-refractivity contribution < 1.29 is 5.11 Å². The highest BCUT2D eigenvalue weighted by Gasteiger charge is 2.23. The molecule has 1 aromatic carbocycles. The van der Waals surface area contributed by atoms with Crippen LogP contribution in [0.2, 0.25) is 0 Å². The molecule has 3 N–H and O–H groups in total. The lowest BCUT2D eigenvalue weighted by atomic mass is 9.87. The van der Waals surface area contributed by atoms with Gasteiger partial charge in [-0.2, -0.15) is 10.1 Å². The number of hydrogen-bond acceptors (Lipinski definition) is 8. The molecule has 204 valence electrons. The van der Waals surface area contributed by atoms with Crippen molar-refractivity contribution in [1.82, 2.24) is 30.0 Å². The molecule has 2 fully saturated rings. The van der Waals surface area contributed by atoms with Gasteiger partial charge in [-0.1, -0.05) is 30.3 Å². The fourth-order valence-electron chi connectivity index (χ4n) is 5.70. The van der Waals surface area contributed by atoms with Gasteiger partial charge in [0, 0.05) is 57.2 Å². The molecule has 2 aliphatic rings. The standard InChI is InChI=1S/C30H38N8O/c39-25-11-8-23(9-12-25)21-38-29-26(20-34-30(35-29)32-14-4-7-22-5-2-1-3-6-22)28(36-38)24-10-13-27(33-19-24)37-17-15-31-16-18-37/h1-3,5-6,10,13,19-20,23,25,31,39H,4,7-9,11-12,14-18,21H2,(H,32,34,35)/t23-,25+. The fourth-order valence-corrected chi connectivity index (χ4v) is 5.70. The van der Waals surface area contributed by atoms with Crippen LogP contribution in [0, 0.1) is 5.92 Å². The fraction of sp³-hybridized carbons (Fsp3) is 0.467. The summed E-state index contributed by atoms with van der Waals surface area (Å²) in [6.07, 6.45) is 9.41. The molecule has 0 bridgehead atoms. The lowest BCUT2D eigenvalue weighted by Crippen LogP contribution is -2.43. The number of aryl methyl sites for hydroxylation is 1. The van der Waals surface area contributed by atoms with E-state index in [1.807, 2.05) is 17.1 Å². The molecule has 1 saturated carbocycles. The lowest BCUT2D eigenvalue weighted by Gasteiger charge is -2.28. The molecule has 6 rings (SSSR count). The van der Waals surface area contributed by atoms with Crippen LogP contribution >= 0.6 is 0 Å². The van der Waals surface area contributed by atoms with E-state index in [2.05, 4.69) is 63.0 Å². The van der Waals surface area contributed by atoms with Crippen molar-refractivity contribution in [3.63, 3.8) is 0 Å². The first kappa shape index (κ1) is 25.7. The van der Waals surface area contributed by atoms with Gasteiger partial charge in [0.1, 0.15) is 11.5 Å². The molecule has 9 nitrogen and oxygen atoms in total. The van der Waals surface area contributed by atoms with Gasteiger partial charge in [-0.3, -0.25) is 0 Å². The lowest BCUT2D eigenvalue weighted by molar-refractivity contribution is 0.103. The molecule has 4 aromatic rings. The van der Waals surface area contributed by atoms with Crippen molar-refractivity contribution in [1.29, 1.82) is 0 Å². The van der Waals surface area contributed by atoms with Crippen molar-refractivity contribution in [2.75, 3.05) is 42.9 Å². The van der Waals surface area contributed by atoms with Crippen molar-refractivity contribution in [2.45, 2.75) is 51.2 Å². The Bertz CT molecular complexity index is 1340. The Morgan fingerprint density at radius 2 is 1.77 bits per heavy atom. The number of fused-ring (bicyclic) bond motifs is 1. The van der Waals surface area contributed by atoms with E-state index in [4.69, 9.17) is 15.1 Å². The topological polar surface area (TPSA) is 104 Å². The average Bonchev–Trinajstić information content (AvgIpc) is 3.35. The van der Waals surface area contributed by atoms with E-state index in [1.165, 1.54) is 5.56 Å². The molecule has 1 aliphatic carbocycles. The minimum atomic E-state index is -0.166. The predicted octanol–water partition coefficient (Wildman–Crippen LogP) is 3.89. The van der Waals surface area contributed by atoms with Crippen molar-refractivity contribution in [3.8, 4) is 11.3 Å². The maximum absolute atomic E-state index is 9.98. The number of nitrogens with zero attached hydrogens (tertiary/aromatic N) is 6. The van der Waals surface area contributed by atoms with Crippen LogP contribution in [-0.4, -0.2) is 68.7 Å². The number of aliphatic hydroxyl groups excluding tert-OH is 1. The third kappa shape index (κ3) is 6.20. The Labute approximate surface area is 229 Å². The zero-order valence-electron chi connectivity index (χ0n) is 22.5. The van der Waals surface area contributed by atoms with Crippen LogP contribution in [0.15, 0.2) is 54.9 Å². The van der Waals surface area contributed by atoms with Gasteiger partial charge in [0.2, 0.25) is 5.95 Å². The second kappa shape index (κ2) is 12.1. The van der Waals surface area contributed by atoms with Gasteiger partial charge in [0.25, 0.3) is 0 Å². The maximum atomic E-state index is 9.98. The quantitative estimate of drug-likeness (QED) is 0.282. The summed E-state index contributed by atoms with van der Waals surface area (Å²) < 4.78 is 2.05. The summed E-state index contributed by atoms with van der Waals surface area (Å²) in [5, 5.41) is 22.8. The number of nitrogens with one attached hydrogen (secondary N) is 2. The second-order valence-electron chi connectivity index (χ2n) is 10.8. The van der Waals surface area contributed by atoms with Crippen LogP contribution < -0.4 is 15.5 Å². The van der Waals surface area contributed by atoms with Crippen molar-refractivity contribution >= 4 is 22.8 Å². The predicted molar refractivity (Wildman–Crippen MR) is 155 cm³/mol. The first-order valence-corrected chi connectivity index (χ1v) is 14.3. The zero-order valence-corrected chi connectivity index (χ0v) is 22.5. The molecule has 0 radical (unpaired) electrons. The molecule has 1 saturated heterocycles. The van der Waals surface area contributed by atoms with Crippen LogP contribution in [0.4, 0.5) is 11.8 Å². The summed E-state index contributed by atoms with van der Waals surface area (Å²) in [6, 6.07) is 14.8. The SMILES string of the molecule is O[C@H]1CC[C@@H](Cn2nc(-c3ccc(N4CCNCC4)nc3)c3cnc(NCCCc4ccccc4)nc32)CC1. The van der Waals surface area contributed by atoms with Crippen LogP contribution in [0.3, 0.4) is 0 Å². The largest absolute Gasteiger partial charge is 0.393 e. The number of benzene rings is 1. The molecule has 3 aromatic heterocycles. The van der Waals surface area contributed by atoms with E-state index in [0.717, 1.165) is 106 Å². The molecule has 0 atom stereocenters. The highest BCUT2D eigenvalue weighted by atomic mass is 16.3. The van der Waals surface area contributed by atoms with Crippen molar-refractivity contribution in [3.05, 3.63) is 60.4 Å². The van der Waals surface area contributed by atoms with Gasteiger partial charge in [-0.05, 0) is 62.1 Å². The normalized spacial score (nSPS) is 19.9. The molecule has 0 spiro atoms. The summed E-state index contributed by atoms with van der Waals surface area (Å²) in [5.41, 5.74) is 4.04. The Kier molecular flexibility index (Phi) is 7.97. The highest BCUT2D eigenvalue weighted by molar-refractivity contribution is 5.91. The Morgan fingerprint density at radius 3 is 2.54 bits per heavy atom. The maximum Gasteiger partial charge on any atom is 0.224 e. The molecule has 9 heteroatoms. The van der Waals surface area contributed by atoms with Crippen molar-refractivity contribution in [2.24, 2.45) is 5.92 Å². The minimum Gasteiger partial charge on any atom is -0.393 e. The number of aromatic nitrogens is 5. The summed E-state index contributed by atoms with van der Waals surface area (Å²) in [6.45, 7) is 5.50. The molecule has 0 unspecified atom stereocenters. The summed E-state index contributed by atoms with van der Waals surface area (Å²) in [7, 11) is 0. The van der Waals surface area contributed by atoms with Gasteiger partial charge in [-0.25, -0.2) is 14.6 Å². The molecule has 0 amide bonds. The van der Waals surface area contributed by atoms with Gasteiger partial charge in [-0.15, -0.1) is 0 Å². The Balaban J connectivity index is 1.22. The molecular weight excluding hydrogens is 488 g/mol. The molecular formula is C30H38N8O. The molecule has 39 heavy (non-hydrogen) atoms. The number of pyridine rings is 1. The number of hydrogen-bond donors (Lipinski definition) is 3. The monoisotopic (exact) mass is 526 g/mol. The minimum absolute atomic E-state index is 0.166. The summed E-state index contributed by atoms with van der Waals surface area (Å²) in [5.74, 6) is 2.12. The van der Waals surface area contributed by atoms with E-state index in [0.29, 0.717) is 11.9 Å². The van der Waals surface area contributed by atoms with Gasteiger partial charge in [0.15, 0.2) is 5.65 Å². The second-order valence-corrected chi connectivity index (χ2v) is 10.8. The molecule has 4 heterocycles.